The van der Waals surface area contributed by atoms with Crippen molar-refractivity contribution in [2.24, 2.45) is 5.92 Å². The molecule has 0 unspecified atom stereocenters. The van der Waals surface area contributed by atoms with E-state index in [2.05, 4.69) is 11.9 Å². The first kappa shape index (κ1) is 13.1. The van der Waals surface area contributed by atoms with Gasteiger partial charge in [0.15, 0.2) is 0 Å². The van der Waals surface area contributed by atoms with Crippen molar-refractivity contribution in [1.82, 2.24) is 9.97 Å². The molecule has 0 spiro atoms. The summed E-state index contributed by atoms with van der Waals surface area (Å²) in [5, 5.41) is 0. The van der Waals surface area contributed by atoms with E-state index in [1.165, 1.54) is 12.8 Å². The second kappa shape index (κ2) is 5.61. The molecule has 3 rings (SSSR count). The Morgan fingerprint density at radius 2 is 1.80 bits per heavy atom. The van der Waals surface area contributed by atoms with Gasteiger partial charge in [-0.1, -0.05) is 50.1 Å². The summed E-state index contributed by atoms with van der Waals surface area (Å²) in [5.74, 6) is 2.07. The molecule has 1 heterocycles. The number of hydrogen-bond donors (Lipinski definition) is 1. The molecule has 1 aromatic carbocycles. The lowest BCUT2D eigenvalue weighted by atomic mass is 9.82. The van der Waals surface area contributed by atoms with Crippen molar-refractivity contribution in [2.45, 2.75) is 38.5 Å². The van der Waals surface area contributed by atoms with Crippen molar-refractivity contribution >= 4 is 0 Å². The second-order valence-electron chi connectivity index (χ2n) is 5.84. The number of H-pyrrole nitrogens is 1. The van der Waals surface area contributed by atoms with Crippen LogP contribution in [0.1, 0.15) is 44.3 Å². The van der Waals surface area contributed by atoms with Crippen LogP contribution in [-0.2, 0) is 0 Å². The van der Waals surface area contributed by atoms with E-state index >= 15 is 0 Å². The molecule has 20 heavy (non-hydrogen) atoms. The van der Waals surface area contributed by atoms with E-state index in [1.807, 2.05) is 30.3 Å². The Balaban J connectivity index is 1.93. The number of rotatable bonds is 2. The van der Waals surface area contributed by atoms with Crippen LogP contribution in [-0.4, -0.2) is 9.97 Å². The maximum atomic E-state index is 11.9. The normalized spacial score (nSPS) is 22.6. The molecular weight excluding hydrogens is 248 g/mol. The molecule has 3 heteroatoms. The minimum absolute atomic E-state index is 0.0486. The van der Waals surface area contributed by atoms with Crippen molar-refractivity contribution in [1.29, 1.82) is 0 Å². The van der Waals surface area contributed by atoms with E-state index in [0.717, 1.165) is 35.8 Å². The van der Waals surface area contributed by atoms with E-state index in [4.69, 9.17) is 4.98 Å². The zero-order valence-corrected chi connectivity index (χ0v) is 11.8. The molecule has 0 saturated heterocycles. The molecular formula is C17H20N2O. The summed E-state index contributed by atoms with van der Waals surface area (Å²) in [7, 11) is 0. The fraction of sp³-hybridized carbons (Fsp3) is 0.412. The number of aromatic amines is 1. The molecule has 2 aromatic rings. The molecule has 1 aliphatic carbocycles. The molecule has 1 aromatic heterocycles. The summed E-state index contributed by atoms with van der Waals surface area (Å²) < 4.78 is 0. The molecule has 1 N–H and O–H groups in total. The van der Waals surface area contributed by atoms with Crippen molar-refractivity contribution < 1.29 is 0 Å². The first-order chi connectivity index (χ1) is 9.72. The van der Waals surface area contributed by atoms with Crippen LogP contribution in [0, 0.1) is 5.92 Å². The Morgan fingerprint density at radius 1 is 1.10 bits per heavy atom. The lowest BCUT2D eigenvalue weighted by Gasteiger charge is -2.25. The predicted molar refractivity (Wildman–Crippen MR) is 80.7 cm³/mol. The highest BCUT2D eigenvalue weighted by Crippen LogP contribution is 2.34. The smallest absolute Gasteiger partial charge is 0.251 e. The lowest BCUT2D eigenvalue weighted by molar-refractivity contribution is 0.339. The first-order valence-corrected chi connectivity index (χ1v) is 7.39. The summed E-state index contributed by atoms with van der Waals surface area (Å²) in [6, 6.07) is 11.5. The zero-order valence-electron chi connectivity index (χ0n) is 11.8. The van der Waals surface area contributed by atoms with Crippen LogP contribution < -0.4 is 5.56 Å². The first-order valence-electron chi connectivity index (χ1n) is 7.39. The number of aromatic nitrogens is 2. The van der Waals surface area contributed by atoms with E-state index in [1.54, 1.807) is 6.07 Å². The Morgan fingerprint density at radius 3 is 2.50 bits per heavy atom. The third-order valence-electron chi connectivity index (χ3n) is 4.23. The molecule has 1 fully saturated rings. The number of benzene rings is 1. The second-order valence-corrected chi connectivity index (χ2v) is 5.84. The molecule has 0 amide bonds. The number of hydrogen-bond acceptors (Lipinski definition) is 2. The average Bonchev–Trinajstić information content (AvgIpc) is 2.48. The topological polar surface area (TPSA) is 45.8 Å². The van der Waals surface area contributed by atoms with Crippen LogP contribution in [0.4, 0.5) is 0 Å². The fourth-order valence-corrected chi connectivity index (χ4v) is 2.96. The predicted octanol–water partition coefficient (Wildman–Crippen LogP) is 3.73. The van der Waals surface area contributed by atoms with Crippen LogP contribution in [0.25, 0.3) is 11.3 Å². The Kier molecular flexibility index (Phi) is 3.68. The van der Waals surface area contributed by atoms with Crippen molar-refractivity contribution in [3.63, 3.8) is 0 Å². The summed E-state index contributed by atoms with van der Waals surface area (Å²) >= 11 is 0. The van der Waals surface area contributed by atoms with Crippen molar-refractivity contribution in [2.75, 3.05) is 0 Å². The van der Waals surface area contributed by atoms with Gasteiger partial charge in [0.05, 0.1) is 5.69 Å². The standard InChI is InChI=1S/C17H20N2O/c1-12-7-9-14(10-8-12)17-18-15(11-16(20)19-17)13-5-3-2-4-6-13/h2-6,11-12,14H,7-10H2,1H3,(H,18,19,20). The summed E-state index contributed by atoms with van der Waals surface area (Å²) in [5.41, 5.74) is 1.74. The molecule has 0 bridgehead atoms. The van der Waals surface area contributed by atoms with Gasteiger partial charge in [-0.05, 0) is 18.8 Å². The molecule has 3 nitrogen and oxygen atoms in total. The SMILES string of the molecule is CC1CCC(c2nc(-c3ccccc3)cc(=O)[nH]2)CC1. The minimum Gasteiger partial charge on any atom is -0.310 e. The van der Waals surface area contributed by atoms with Crippen LogP contribution in [0.15, 0.2) is 41.2 Å². The fourth-order valence-electron chi connectivity index (χ4n) is 2.96. The van der Waals surface area contributed by atoms with Crippen LogP contribution in [0.3, 0.4) is 0 Å². The molecule has 0 aliphatic heterocycles. The van der Waals surface area contributed by atoms with Gasteiger partial charge in [0.25, 0.3) is 5.56 Å². The molecule has 1 aliphatic rings. The average molecular weight is 268 g/mol. The van der Waals surface area contributed by atoms with Gasteiger partial charge in [0, 0.05) is 17.5 Å². The number of nitrogens with one attached hydrogen (secondary N) is 1. The largest absolute Gasteiger partial charge is 0.310 e. The van der Waals surface area contributed by atoms with Gasteiger partial charge < -0.3 is 4.98 Å². The quantitative estimate of drug-likeness (QED) is 0.902. The maximum absolute atomic E-state index is 11.9. The van der Waals surface area contributed by atoms with E-state index in [9.17, 15) is 4.79 Å². The highest BCUT2D eigenvalue weighted by atomic mass is 16.1. The van der Waals surface area contributed by atoms with Gasteiger partial charge in [0.1, 0.15) is 5.82 Å². The monoisotopic (exact) mass is 268 g/mol. The molecule has 104 valence electrons. The third kappa shape index (κ3) is 2.82. The summed E-state index contributed by atoms with van der Waals surface area (Å²) in [4.78, 5) is 19.5. The zero-order chi connectivity index (χ0) is 13.9. The Hall–Kier alpha value is -1.90. The summed E-state index contributed by atoms with van der Waals surface area (Å²) in [6.07, 6.45) is 4.71. The molecule has 1 saturated carbocycles. The van der Waals surface area contributed by atoms with Gasteiger partial charge in [-0.2, -0.15) is 0 Å². The van der Waals surface area contributed by atoms with Gasteiger partial charge >= 0.3 is 0 Å². The van der Waals surface area contributed by atoms with Crippen LogP contribution in [0.2, 0.25) is 0 Å². The van der Waals surface area contributed by atoms with Crippen LogP contribution >= 0.6 is 0 Å². The van der Waals surface area contributed by atoms with Crippen molar-refractivity contribution in [3.05, 3.63) is 52.6 Å². The number of nitrogens with zero attached hydrogens (tertiary/aromatic N) is 1. The highest BCUT2D eigenvalue weighted by molar-refractivity contribution is 5.58. The van der Waals surface area contributed by atoms with Crippen molar-refractivity contribution in [3.8, 4) is 11.3 Å². The summed E-state index contributed by atoms with van der Waals surface area (Å²) in [6.45, 7) is 2.30. The maximum Gasteiger partial charge on any atom is 0.251 e. The minimum atomic E-state index is -0.0486. The van der Waals surface area contributed by atoms with E-state index in [-0.39, 0.29) is 5.56 Å². The Labute approximate surface area is 119 Å². The van der Waals surface area contributed by atoms with Crippen LogP contribution in [0.5, 0.6) is 0 Å². The van der Waals surface area contributed by atoms with Gasteiger partial charge in [-0.15, -0.1) is 0 Å². The third-order valence-corrected chi connectivity index (χ3v) is 4.23. The molecule has 0 radical (unpaired) electrons. The van der Waals surface area contributed by atoms with E-state index in [0.29, 0.717) is 5.92 Å². The Bertz CT molecular complexity index is 625. The van der Waals surface area contributed by atoms with Gasteiger partial charge in [-0.25, -0.2) is 4.98 Å². The highest BCUT2D eigenvalue weighted by Gasteiger charge is 2.22. The molecule has 0 atom stereocenters. The van der Waals surface area contributed by atoms with Gasteiger partial charge in [-0.3, -0.25) is 4.79 Å². The van der Waals surface area contributed by atoms with E-state index < -0.39 is 0 Å². The van der Waals surface area contributed by atoms with Gasteiger partial charge in [0.2, 0.25) is 0 Å². The lowest BCUT2D eigenvalue weighted by Crippen LogP contribution is -2.18.